The average Bonchev–Trinajstić information content (AvgIpc) is 3.15. The summed E-state index contributed by atoms with van der Waals surface area (Å²) in [6, 6.07) is 9.02. The van der Waals surface area contributed by atoms with E-state index in [0.717, 1.165) is 28.9 Å². The van der Waals surface area contributed by atoms with Gasteiger partial charge in [-0.2, -0.15) is 0 Å². The highest BCUT2D eigenvalue weighted by Gasteiger charge is 2.38. The zero-order valence-electron chi connectivity index (χ0n) is 14.6. The third-order valence-corrected chi connectivity index (χ3v) is 5.25. The molecule has 2 heterocycles. The van der Waals surface area contributed by atoms with E-state index in [9.17, 15) is 9.59 Å². The molecule has 0 aromatic heterocycles. The Labute approximate surface area is 156 Å². The maximum atomic E-state index is 12.5. The topological polar surface area (TPSA) is 67.4 Å². The highest BCUT2D eigenvalue weighted by molar-refractivity contribution is 6.30. The molecule has 0 saturated heterocycles. The van der Waals surface area contributed by atoms with Gasteiger partial charge in [0.2, 0.25) is 5.91 Å². The van der Waals surface area contributed by atoms with Gasteiger partial charge in [-0.1, -0.05) is 17.7 Å². The molecule has 6 heteroatoms. The van der Waals surface area contributed by atoms with Crippen molar-refractivity contribution in [3.63, 3.8) is 0 Å². The minimum atomic E-state index is -0.580. The summed E-state index contributed by atoms with van der Waals surface area (Å²) in [7, 11) is 0. The van der Waals surface area contributed by atoms with E-state index in [0.29, 0.717) is 29.4 Å². The van der Waals surface area contributed by atoms with Crippen LogP contribution in [0.25, 0.3) is 0 Å². The van der Waals surface area contributed by atoms with Crippen molar-refractivity contribution in [2.75, 3.05) is 11.9 Å². The molecular formula is C20H19ClN2O3. The lowest BCUT2D eigenvalue weighted by atomic mass is 9.86. The number of ether oxygens (including phenoxy) is 1. The molecule has 0 spiro atoms. The third kappa shape index (κ3) is 2.72. The zero-order valence-corrected chi connectivity index (χ0v) is 15.4. The fraction of sp³-hybridized carbons (Fsp3) is 0.300. The van der Waals surface area contributed by atoms with Crippen molar-refractivity contribution in [1.82, 2.24) is 5.32 Å². The highest BCUT2D eigenvalue weighted by atomic mass is 35.5. The lowest BCUT2D eigenvalue weighted by Gasteiger charge is -2.15. The van der Waals surface area contributed by atoms with Crippen LogP contribution in [0.4, 0.5) is 5.69 Å². The predicted octanol–water partition coefficient (Wildman–Crippen LogP) is 3.43. The van der Waals surface area contributed by atoms with Gasteiger partial charge in [-0.3, -0.25) is 9.59 Å². The molecule has 134 valence electrons. The molecule has 0 unspecified atom stereocenters. The SMILES string of the molecule is CC1(C)C(=O)Nc2cc(C(=O)NCc3cc(Cl)cc4c3OCC4)ccc21. The molecule has 2 amide bonds. The number of hydrogen-bond donors (Lipinski definition) is 2. The van der Waals surface area contributed by atoms with Gasteiger partial charge in [-0.25, -0.2) is 0 Å². The molecule has 2 N–H and O–H groups in total. The molecule has 5 nitrogen and oxygen atoms in total. The van der Waals surface area contributed by atoms with E-state index < -0.39 is 5.41 Å². The number of carbonyl (C=O) groups is 2. The first-order valence-electron chi connectivity index (χ1n) is 8.54. The lowest BCUT2D eigenvalue weighted by Crippen LogP contribution is -2.26. The maximum Gasteiger partial charge on any atom is 0.251 e. The van der Waals surface area contributed by atoms with Gasteiger partial charge in [0.25, 0.3) is 5.91 Å². The molecule has 2 aliphatic heterocycles. The quantitative estimate of drug-likeness (QED) is 0.869. The van der Waals surface area contributed by atoms with Crippen LogP contribution in [-0.2, 0) is 23.2 Å². The van der Waals surface area contributed by atoms with E-state index >= 15 is 0 Å². The summed E-state index contributed by atoms with van der Waals surface area (Å²) < 4.78 is 5.66. The summed E-state index contributed by atoms with van der Waals surface area (Å²) in [5.74, 6) is 0.549. The van der Waals surface area contributed by atoms with Gasteiger partial charge < -0.3 is 15.4 Å². The first kappa shape index (κ1) is 16.9. The molecule has 4 rings (SSSR count). The first-order chi connectivity index (χ1) is 12.4. The number of anilines is 1. The second-order valence-electron chi connectivity index (χ2n) is 7.17. The summed E-state index contributed by atoms with van der Waals surface area (Å²) in [5, 5.41) is 6.39. The van der Waals surface area contributed by atoms with Crippen molar-refractivity contribution in [3.05, 3.63) is 57.6 Å². The van der Waals surface area contributed by atoms with Crippen molar-refractivity contribution in [1.29, 1.82) is 0 Å². The Hall–Kier alpha value is -2.53. The van der Waals surface area contributed by atoms with E-state index in [1.54, 1.807) is 12.1 Å². The van der Waals surface area contributed by atoms with Gasteiger partial charge in [-0.05, 0) is 49.2 Å². The van der Waals surface area contributed by atoms with Gasteiger partial charge in [0, 0.05) is 34.8 Å². The van der Waals surface area contributed by atoms with Gasteiger partial charge in [0.1, 0.15) is 5.75 Å². The fourth-order valence-electron chi connectivity index (χ4n) is 3.49. The Bertz CT molecular complexity index is 937. The third-order valence-electron chi connectivity index (χ3n) is 5.04. The van der Waals surface area contributed by atoms with Crippen molar-refractivity contribution < 1.29 is 14.3 Å². The van der Waals surface area contributed by atoms with Gasteiger partial charge in [0.05, 0.1) is 12.0 Å². The van der Waals surface area contributed by atoms with E-state index in [2.05, 4.69) is 10.6 Å². The Balaban J connectivity index is 1.52. The number of nitrogens with one attached hydrogen (secondary N) is 2. The standard InChI is InChI=1S/C20H19ClN2O3/c1-20(2)15-4-3-12(9-16(15)23-19(20)25)18(24)22-10-13-8-14(21)7-11-5-6-26-17(11)13/h3-4,7-9H,5-6,10H2,1-2H3,(H,22,24)(H,23,25). The zero-order chi connectivity index (χ0) is 18.5. The largest absolute Gasteiger partial charge is 0.493 e. The summed E-state index contributed by atoms with van der Waals surface area (Å²) in [6.45, 7) is 4.70. The average molecular weight is 371 g/mol. The fourth-order valence-corrected chi connectivity index (χ4v) is 3.75. The Kier molecular flexibility index (Phi) is 3.92. The van der Waals surface area contributed by atoms with Crippen LogP contribution in [0, 0.1) is 0 Å². The Morgan fingerprint density at radius 3 is 2.92 bits per heavy atom. The van der Waals surface area contributed by atoms with Crippen molar-refractivity contribution >= 4 is 29.1 Å². The lowest BCUT2D eigenvalue weighted by molar-refractivity contribution is -0.119. The number of benzene rings is 2. The molecule has 26 heavy (non-hydrogen) atoms. The molecule has 0 saturated carbocycles. The molecule has 2 aromatic rings. The number of fused-ring (bicyclic) bond motifs is 2. The number of hydrogen-bond acceptors (Lipinski definition) is 3. The number of halogens is 1. The molecule has 0 fully saturated rings. The number of carbonyl (C=O) groups excluding carboxylic acids is 2. The van der Waals surface area contributed by atoms with Crippen molar-refractivity contribution in [3.8, 4) is 5.75 Å². The summed E-state index contributed by atoms with van der Waals surface area (Å²) in [6.07, 6.45) is 0.831. The first-order valence-corrected chi connectivity index (χ1v) is 8.92. The van der Waals surface area contributed by atoms with E-state index in [4.69, 9.17) is 16.3 Å². The van der Waals surface area contributed by atoms with Crippen LogP contribution in [0.3, 0.4) is 0 Å². The molecule has 0 atom stereocenters. The van der Waals surface area contributed by atoms with Crippen molar-refractivity contribution in [2.24, 2.45) is 0 Å². The van der Waals surface area contributed by atoms with Crippen LogP contribution in [0.1, 0.15) is 40.9 Å². The Morgan fingerprint density at radius 2 is 2.12 bits per heavy atom. The van der Waals surface area contributed by atoms with Gasteiger partial charge >= 0.3 is 0 Å². The molecule has 0 aliphatic carbocycles. The number of amides is 2. The van der Waals surface area contributed by atoms with Crippen LogP contribution in [0.15, 0.2) is 30.3 Å². The van der Waals surface area contributed by atoms with Crippen LogP contribution < -0.4 is 15.4 Å². The van der Waals surface area contributed by atoms with Crippen LogP contribution in [0.5, 0.6) is 5.75 Å². The molecule has 0 bridgehead atoms. The van der Waals surface area contributed by atoms with Gasteiger partial charge in [-0.15, -0.1) is 0 Å². The Morgan fingerprint density at radius 1 is 1.31 bits per heavy atom. The highest BCUT2D eigenvalue weighted by Crippen LogP contribution is 2.37. The molecule has 0 radical (unpaired) electrons. The van der Waals surface area contributed by atoms with Crippen molar-refractivity contribution in [2.45, 2.75) is 32.2 Å². The molecule has 2 aromatic carbocycles. The molecule has 2 aliphatic rings. The normalized spacial score (nSPS) is 16.5. The monoisotopic (exact) mass is 370 g/mol. The van der Waals surface area contributed by atoms with E-state index in [-0.39, 0.29) is 11.8 Å². The number of rotatable bonds is 3. The minimum absolute atomic E-state index is 0.0586. The van der Waals surface area contributed by atoms with Crippen LogP contribution >= 0.6 is 11.6 Å². The second-order valence-corrected chi connectivity index (χ2v) is 7.61. The predicted molar refractivity (Wildman–Crippen MR) is 99.9 cm³/mol. The minimum Gasteiger partial charge on any atom is -0.493 e. The summed E-state index contributed by atoms with van der Waals surface area (Å²) in [5.41, 5.74) is 3.46. The summed E-state index contributed by atoms with van der Waals surface area (Å²) >= 11 is 6.16. The van der Waals surface area contributed by atoms with E-state index in [1.807, 2.05) is 32.0 Å². The smallest absolute Gasteiger partial charge is 0.251 e. The van der Waals surface area contributed by atoms with E-state index in [1.165, 1.54) is 0 Å². The second kappa shape index (κ2) is 6.02. The maximum absolute atomic E-state index is 12.5. The van der Waals surface area contributed by atoms with Crippen LogP contribution in [0.2, 0.25) is 5.02 Å². The van der Waals surface area contributed by atoms with Gasteiger partial charge in [0.15, 0.2) is 0 Å². The summed E-state index contributed by atoms with van der Waals surface area (Å²) in [4.78, 5) is 24.6. The van der Waals surface area contributed by atoms with Crippen LogP contribution in [-0.4, -0.2) is 18.4 Å². The molecular weight excluding hydrogens is 352 g/mol.